The third-order valence-corrected chi connectivity index (χ3v) is 4.10. The van der Waals surface area contributed by atoms with Crippen molar-refractivity contribution in [1.82, 2.24) is 20.2 Å². The first kappa shape index (κ1) is 15.6. The highest BCUT2D eigenvalue weighted by Gasteiger charge is 2.25. The van der Waals surface area contributed by atoms with Crippen LogP contribution in [0.1, 0.15) is 47.6 Å². The maximum Gasteiger partial charge on any atom is 0.257 e. The Morgan fingerprint density at radius 1 is 1.22 bits per heavy atom. The van der Waals surface area contributed by atoms with Gasteiger partial charge in [0.2, 0.25) is 0 Å². The average molecular weight is 310 g/mol. The number of carbonyl (C=O) groups excluding carboxylic acids is 1. The van der Waals surface area contributed by atoms with Crippen LogP contribution >= 0.6 is 0 Å². The van der Waals surface area contributed by atoms with Crippen LogP contribution < -0.4 is 5.32 Å². The quantitative estimate of drug-likeness (QED) is 0.945. The molecule has 0 bridgehead atoms. The van der Waals surface area contributed by atoms with Gasteiger partial charge >= 0.3 is 0 Å². The predicted molar refractivity (Wildman–Crippen MR) is 89.2 cm³/mol. The number of hydrogen-bond donors (Lipinski definition) is 1. The van der Waals surface area contributed by atoms with Gasteiger partial charge < -0.3 is 10.2 Å². The van der Waals surface area contributed by atoms with Crippen LogP contribution in [-0.4, -0.2) is 40.4 Å². The Hall–Kier alpha value is -2.27. The highest BCUT2D eigenvalue weighted by atomic mass is 16.2. The number of piperazine rings is 1. The van der Waals surface area contributed by atoms with Crippen LogP contribution in [0.4, 0.5) is 0 Å². The predicted octanol–water partition coefficient (Wildman–Crippen LogP) is 2.39. The Bertz CT molecular complexity index is 654. The lowest BCUT2D eigenvalue weighted by atomic mass is 10.0. The minimum Gasteiger partial charge on any atom is -0.335 e. The summed E-state index contributed by atoms with van der Waals surface area (Å²) in [7, 11) is 0. The van der Waals surface area contributed by atoms with E-state index in [1.54, 1.807) is 12.4 Å². The Balaban J connectivity index is 1.72. The fourth-order valence-corrected chi connectivity index (χ4v) is 2.77. The molecule has 5 heteroatoms. The van der Waals surface area contributed by atoms with E-state index >= 15 is 0 Å². The monoisotopic (exact) mass is 310 g/mol. The molecule has 0 aliphatic carbocycles. The molecule has 23 heavy (non-hydrogen) atoms. The van der Waals surface area contributed by atoms with Gasteiger partial charge in [0.1, 0.15) is 5.82 Å². The van der Waals surface area contributed by atoms with Crippen molar-refractivity contribution in [3.05, 3.63) is 59.7 Å². The van der Waals surface area contributed by atoms with Crippen molar-refractivity contribution in [3.63, 3.8) is 0 Å². The lowest BCUT2D eigenvalue weighted by Crippen LogP contribution is -2.48. The van der Waals surface area contributed by atoms with E-state index < -0.39 is 0 Å². The van der Waals surface area contributed by atoms with Gasteiger partial charge in [-0.3, -0.25) is 4.79 Å². The van der Waals surface area contributed by atoms with Crippen LogP contribution in [0.15, 0.2) is 42.7 Å². The van der Waals surface area contributed by atoms with Crippen LogP contribution in [0.5, 0.6) is 0 Å². The van der Waals surface area contributed by atoms with Gasteiger partial charge in [-0.05, 0) is 5.56 Å². The van der Waals surface area contributed by atoms with Crippen molar-refractivity contribution < 1.29 is 4.79 Å². The molecule has 5 nitrogen and oxygen atoms in total. The Morgan fingerprint density at radius 2 is 1.91 bits per heavy atom. The van der Waals surface area contributed by atoms with Gasteiger partial charge in [0.05, 0.1) is 5.56 Å². The Morgan fingerprint density at radius 3 is 2.57 bits per heavy atom. The normalized spacial score (nSPS) is 18.2. The lowest BCUT2D eigenvalue weighted by Gasteiger charge is -2.34. The van der Waals surface area contributed by atoms with Crippen molar-refractivity contribution >= 4 is 5.91 Å². The van der Waals surface area contributed by atoms with E-state index in [1.807, 2.05) is 36.9 Å². The van der Waals surface area contributed by atoms with E-state index in [4.69, 9.17) is 0 Å². The highest BCUT2D eigenvalue weighted by molar-refractivity contribution is 5.93. The Kier molecular flexibility index (Phi) is 4.67. The maximum absolute atomic E-state index is 12.7. The van der Waals surface area contributed by atoms with E-state index in [-0.39, 0.29) is 17.9 Å². The topological polar surface area (TPSA) is 58.1 Å². The summed E-state index contributed by atoms with van der Waals surface area (Å²) in [6.07, 6.45) is 3.29. The second-order valence-corrected chi connectivity index (χ2v) is 6.15. The summed E-state index contributed by atoms with van der Waals surface area (Å²) in [5.74, 6) is 1.03. The summed E-state index contributed by atoms with van der Waals surface area (Å²) in [5.41, 5.74) is 1.76. The molecule has 0 saturated carbocycles. The molecule has 2 heterocycles. The zero-order valence-electron chi connectivity index (χ0n) is 13.6. The van der Waals surface area contributed by atoms with Crippen molar-refractivity contribution in [1.29, 1.82) is 0 Å². The average Bonchev–Trinajstić information content (AvgIpc) is 2.62. The van der Waals surface area contributed by atoms with Crippen molar-refractivity contribution in [2.75, 3.05) is 19.6 Å². The molecule has 1 saturated heterocycles. The van der Waals surface area contributed by atoms with Gasteiger partial charge in [0, 0.05) is 44.0 Å². The number of carbonyl (C=O) groups is 1. The van der Waals surface area contributed by atoms with Gasteiger partial charge in [-0.15, -0.1) is 0 Å². The molecule has 0 spiro atoms. The minimum absolute atomic E-state index is 0.00253. The molecular formula is C18H22N4O. The van der Waals surface area contributed by atoms with Crippen molar-refractivity contribution in [2.45, 2.75) is 25.8 Å². The van der Waals surface area contributed by atoms with E-state index in [9.17, 15) is 4.79 Å². The zero-order chi connectivity index (χ0) is 16.2. The molecule has 1 amide bonds. The SMILES string of the molecule is CC(C)c1ncc(C(=O)N2CCNC(c3ccccc3)C2)cn1. The largest absolute Gasteiger partial charge is 0.335 e. The molecule has 3 rings (SSSR count). The molecular weight excluding hydrogens is 288 g/mol. The summed E-state index contributed by atoms with van der Waals surface area (Å²) >= 11 is 0. The molecule has 1 fully saturated rings. The molecule has 1 N–H and O–H groups in total. The van der Waals surface area contributed by atoms with Gasteiger partial charge in [0.25, 0.3) is 5.91 Å². The first-order chi connectivity index (χ1) is 11.1. The number of nitrogens with one attached hydrogen (secondary N) is 1. The highest BCUT2D eigenvalue weighted by Crippen LogP contribution is 2.18. The van der Waals surface area contributed by atoms with Crippen LogP contribution in [0.2, 0.25) is 0 Å². The summed E-state index contributed by atoms with van der Waals surface area (Å²) in [6, 6.07) is 10.4. The molecule has 1 atom stereocenters. The van der Waals surface area contributed by atoms with Crippen LogP contribution in [0, 0.1) is 0 Å². The van der Waals surface area contributed by atoms with Crippen LogP contribution in [-0.2, 0) is 0 Å². The summed E-state index contributed by atoms with van der Waals surface area (Å²) < 4.78 is 0. The Labute approximate surface area is 136 Å². The molecule has 120 valence electrons. The fraction of sp³-hybridized carbons (Fsp3) is 0.389. The van der Waals surface area contributed by atoms with E-state index in [0.717, 1.165) is 12.4 Å². The fourth-order valence-electron chi connectivity index (χ4n) is 2.77. The second kappa shape index (κ2) is 6.87. The smallest absolute Gasteiger partial charge is 0.257 e. The third-order valence-electron chi connectivity index (χ3n) is 4.10. The second-order valence-electron chi connectivity index (χ2n) is 6.15. The standard InChI is InChI=1S/C18H22N4O/c1-13(2)17-20-10-15(11-21-17)18(23)22-9-8-19-16(12-22)14-6-4-3-5-7-14/h3-7,10-11,13,16,19H,8-9,12H2,1-2H3. The van der Waals surface area contributed by atoms with Crippen LogP contribution in [0.25, 0.3) is 0 Å². The molecule has 2 aromatic rings. The van der Waals surface area contributed by atoms with Gasteiger partial charge in [-0.1, -0.05) is 44.2 Å². The molecule has 1 aromatic heterocycles. The minimum atomic E-state index is 0.00253. The maximum atomic E-state index is 12.7. The summed E-state index contributed by atoms with van der Waals surface area (Å²) in [5, 5.41) is 3.47. The lowest BCUT2D eigenvalue weighted by molar-refractivity contribution is 0.0702. The van der Waals surface area contributed by atoms with E-state index in [0.29, 0.717) is 18.7 Å². The number of nitrogens with zero attached hydrogens (tertiary/aromatic N) is 3. The van der Waals surface area contributed by atoms with Gasteiger partial charge in [0.15, 0.2) is 0 Å². The number of aromatic nitrogens is 2. The molecule has 1 aliphatic rings. The van der Waals surface area contributed by atoms with Crippen molar-refractivity contribution in [3.8, 4) is 0 Å². The van der Waals surface area contributed by atoms with E-state index in [1.165, 1.54) is 5.56 Å². The summed E-state index contributed by atoms with van der Waals surface area (Å²) in [6.45, 7) is 6.23. The van der Waals surface area contributed by atoms with Gasteiger partial charge in [-0.2, -0.15) is 0 Å². The molecule has 1 aromatic carbocycles. The number of rotatable bonds is 3. The number of hydrogen-bond acceptors (Lipinski definition) is 4. The molecule has 1 aliphatic heterocycles. The van der Waals surface area contributed by atoms with Gasteiger partial charge in [-0.25, -0.2) is 9.97 Å². The van der Waals surface area contributed by atoms with Crippen molar-refractivity contribution in [2.24, 2.45) is 0 Å². The summed E-state index contributed by atoms with van der Waals surface area (Å²) in [4.78, 5) is 23.1. The zero-order valence-corrected chi connectivity index (χ0v) is 13.6. The van der Waals surface area contributed by atoms with E-state index in [2.05, 4.69) is 27.4 Å². The number of amides is 1. The molecule has 1 unspecified atom stereocenters. The third kappa shape index (κ3) is 3.56. The van der Waals surface area contributed by atoms with Crippen LogP contribution in [0.3, 0.4) is 0 Å². The molecule has 0 radical (unpaired) electrons. The number of benzene rings is 1. The first-order valence-electron chi connectivity index (χ1n) is 8.04. The first-order valence-corrected chi connectivity index (χ1v) is 8.04.